The highest BCUT2D eigenvalue weighted by Gasteiger charge is 2.03. The first kappa shape index (κ1) is 16.1. The van der Waals surface area contributed by atoms with Crippen molar-refractivity contribution in [3.63, 3.8) is 0 Å². The Balaban J connectivity index is 2.06. The van der Waals surface area contributed by atoms with E-state index in [9.17, 15) is 9.59 Å². The summed E-state index contributed by atoms with van der Waals surface area (Å²) in [7, 11) is 0. The number of nitrogens with one attached hydrogen (secondary N) is 1. The highest BCUT2D eigenvalue weighted by molar-refractivity contribution is 7.14. The Kier molecular flexibility index (Phi) is 5.24. The lowest BCUT2D eigenvalue weighted by molar-refractivity contribution is -0.132. The zero-order chi connectivity index (χ0) is 16.1. The van der Waals surface area contributed by atoms with Gasteiger partial charge in [0.2, 0.25) is 5.91 Å². The average Bonchev–Trinajstić information content (AvgIpc) is 3.05. The standard InChI is InChI=1S/C15H14N2O3S2/c1-9(14(19)20)5-13-6-11(7-21-13)3-4-12-8-22-15(17-12)16-10(2)18/h3-8H,1-2H3,(H,19,20)(H,16,17,18)/b4-3?,9-5+. The molecule has 1 amide bonds. The van der Waals surface area contributed by atoms with Crippen molar-refractivity contribution >= 4 is 57.9 Å². The molecule has 0 aromatic carbocycles. The summed E-state index contributed by atoms with van der Waals surface area (Å²) in [5.74, 6) is -1.06. The third kappa shape index (κ3) is 4.64. The highest BCUT2D eigenvalue weighted by atomic mass is 32.1. The summed E-state index contributed by atoms with van der Waals surface area (Å²) >= 11 is 2.84. The number of anilines is 1. The Morgan fingerprint density at radius 3 is 2.68 bits per heavy atom. The van der Waals surface area contributed by atoms with E-state index < -0.39 is 5.97 Å². The monoisotopic (exact) mass is 334 g/mol. The van der Waals surface area contributed by atoms with E-state index in [1.54, 1.807) is 13.0 Å². The van der Waals surface area contributed by atoms with Crippen LogP contribution in [-0.4, -0.2) is 22.0 Å². The third-order valence-electron chi connectivity index (χ3n) is 2.59. The van der Waals surface area contributed by atoms with Gasteiger partial charge in [-0.2, -0.15) is 0 Å². The number of carboxylic acids is 1. The van der Waals surface area contributed by atoms with Crippen molar-refractivity contribution in [3.8, 4) is 0 Å². The van der Waals surface area contributed by atoms with E-state index in [-0.39, 0.29) is 5.91 Å². The van der Waals surface area contributed by atoms with Crippen LogP contribution in [0.15, 0.2) is 22.4 Å². The number of thiophene rings is 1. The van der Waals surface area contributed by atoms with Crippen molar-refractivity contribution in [1.29, 1.82) is 0 Å². The largest absolute Gasteiger partial charge is 0.478 e. The van der Waals surface area contributed by atoms with Gasteiger partial charge in [-0.25, -0.2) is 9.78 Å². The van der Waals surface area contributed by atoms with E-state index in [2.05, 4.69) is 10.3 Å². The Labute approximate surface area is 135 Å². The average molecular weight is 334 g/mol. The molecule has 0 atom stereocenters. The van der Waals surface area contributed by atoms with E-state index >= 15 is 0 Å². The van der Waals surface area contributed by atoms with Crippen molar-refractivity contribution in [2.24, 2.45) is 0 Å². The topological polar surface area (TPSA) is 79.3 Å². The van der Waals surface area contributed by atoms with Crippen LogP contribution in [-0.2, 0) is 9.59 Å². The van der Waals surface area contributed by atoms with Crippen LogP contribution >= 0.6 is 22.7 Å². The fourth-order valence-electron chi connectivity index (χ4n) is 1.56. The summed E-state index contributed by atoms with van der Waals surface area (Å²) in [5.41, 5.74) is 2.04. The van der Waals surface area contributed by atoms with Crippen LogP contribution in [0.2, 0.25) is 0 Å². The number of carbonyl (C=O) groups excluding carboxylic acids is 1. The molecule has 0 unspecified atom stereocenters. The van der Waals surface area contributed by atoms with E-state index in [1.807, 2.05) is 29.0 Å². The summed E-state index contributed by atoms with van der Waals surface area (Å²) in [6.45, 7) is 3.01. The molecule has 0 bridgehead atoms. The van der Waals surface area contributed by atoms with Crippen molar-refractivity contribution in [2.75, 3.05) is 5.32 Å². The number of aromatic nitrogens is 1. The van der Waals surface area contributed by atoms with Gasteiger partial charge in [0.15, 0.2) is 5.13 Å². The van der Waals surface area contributed by atoms with E-state index in [0.717, 1.165) is 16.1 Å². The predicted molar refractivity (Wildman–Crippen MR) is 91.0 cm³/mol. The molecule has 0 aliphatic rings. The number of amides is 1. The van der Waals surface area contributed by atoms with Gasteiger partial charge in [-0.3, -0.25) is 4.79 Å². The van der Waals surface area contributed by atoms with Gasteiger partial charge >= 0.3 is 5.97 Å². The van der Waals surface area contributed by atoms with Crippen LogP contribution in [0.3, 0.4) is 0 Å². The maximum atomic E-state index is 10.9. The van der Waals surface area contributed by atoms with Crippen LogP contribution in [0.4, 0.5) is 5.13 Å². The molecule has 0 saturated heterocycles. The second-order valence-corrected chi connectivity index (χ2v) is 6.31. The maximum absolute atomic E-state index is 10.9. The van der Waals surface area contributed by atoms with Gasteiger partial charge in [-0.05, 0) is 36.1 Å². The van der Waals surface area contributed by atoms with Crippen LogP contribution in [0.1, 0.15) is 30.0 Å². The van der Waals surface area contributed by atoms with Crippen molar-refractivity contribution in [1.82, 2.24) is 4.98 Å². The number of carboxylic acid groups (broad SMARTS) is 1. The smallest absolute Gasteiger partial charge is 0.331 e. The summed E-state index contributed by atoms with van der Waals surface area (Å²) in [5, 5.41) is 15.8. The van der Waals surface area contributed by atoms with Gasteiger partial charge in [-0.15, -0.1) is 22.7 Å². The SMILES string of the molecule is CC(=O)Nc1nc(C=Cc2csc(/C=C(\C)C(=O)O)c2)cs1. The van der Waals surface area contributed by atoms with Crippen LogP contribution in [0.5, 0.6) is 0 Å². The maximum Gasteiger partial charge on any atom is 0.331 e. The summed E-state index contributed by atoms with van der Waals surface area (Å²) in [6, 6.07) is 1.91. The number of hydrogen-bond donors (Lipinski definition) is 2. The molecule has 2 heterocycles. The van der Waals surface area contributed by atoms with Crippen molar-refractivity contribution in [2.45, 2.75) is 13.8 Å². The fraction of sp³-hybridized carbons (Fsp3) is 0.133. The highest BCUT2D eigenvalue weighted by Crippen LogP contribution is 2.21. The van der Waals surface area contributed by atoms with Gasteiger partial charge in [0.25, 0.3) is 0 Å². The van der Waals surface area contributed by atoms with Gasteiger partial charge < -0.3 is 10.4 Å². The van der Waals surface area contributed by atoms with E-state index in [0.29, 0.717) is 10.7 Å². The van der Waals surface area contributed by atoms with E-state index in [4.69, 9.17) is 5.11 Å². The molecule has 7 heteroatoms. The molecule has 114 valence electrons. The fourth-order valence-corrected chi connectivity index (χ4v) is 3.15. The molecule has 2 aromatic rings. The number of aliphatic carboxylic acids is 1. The summed E-state index contributed by atoms with van der Waals surface area (Å²) < 4.78 is 0. The molecule has 5 nitrogen and oxygen atoms in total. The first-order valence-electron chi connectivity index (χ1n) is 6.35. The van der Waals surface area contributed by atoms with Crippen LogP contribution < -0.4 is 5.32 Å². The minimum atomic E-state index is -0.918. The number of rotatable bonds is 5. The molecule has 0 aliphatic heterocycles. The molecule has 2 N–H and O–H groups in total. The lowest BCUT2D eigenvalue weighted by atomic mass is 10.2. The van der Waals surface area contributed by atoms with Crippen LogP contribution in [0.25, 0.3) is 18.2 Å². The van der Waals surface area contributed by atoms with Gasteiger partial charge in [0.05, 0.1) is 5.69 Å². The first-order chi connectivity index (χ1) is 10.4. The van der Waals surface area contributed by atoms with Crippen molar-refractivity contribution < 1.29 is 14.7 Å². The zero-order valence-corrected chi connectivity index (χ0v) is 13.6. The minimum Gasteiger partial charge on any atom is -0.478 e. The number of nitrogens with zero attached hydrogens (tertiary/aromatic N) is 1. The molecular formula is C15H14N2O3S2. The Bertz CT molecular complexity index is 756. The molecule has 2 rings (SSSR count). The molecule has 0 fully saturated rings. The molecular weight excluding hydrogens is 320 g/mol. The summed E-state index contributed by atoms with van der Waals surface area (Å²) in [4.78, 5) is 26.9. The summed E-state index contributed by atoms with van der Waals surface area (Å²) in [6.07, 6.45) is 5.39. The number of hydrogen-bond acceptors (Lipinski definition) is 5. The first-order valence-corrected chi connectivity index (χ1v) is 8.11. The van der Waals surface area contributed by atoms with Gasteiger partial charge in [-0.1, -0.05) is 6.08 Å². The quantitative estimate of drug-likeness (QED) is 0.815. The Hall–Kier alpha value is -2.25. The number of carbonyl (C=O) groups is 2. The third-order valence-corrected chi connectivity index (χ3v) is 4.26. The lowest BCUT2D eigenvalue weighted by Crippen LogP contribution is -2.04. The van der Waals surface area contributed by atoms with E-state index in [1.165, 1.54) is 29.6 Å². The molecule has 0 saturated carbocycles. The Morgan fingerprint density at radius 2 is 2.00 bits per heavy atom. The molecule has 0 radical (unpaired) electrons. The number of thiazole rings is 1. The second-order valence-electron chi connectivity index (χ2n) is 4.51. The molecule has 2 aromatic heterocycles. The minimum absolute atomic E-state index is 0.145. The van der Waals surface area contributed by atoms with Gasteiger partial charge in [0, 0.05) is 22.8 Å². The predicted octanol–water partition coefficient (Wildman–Crippen LogP) is 3.82. The molecule has 0 spiro atoms. The second kappa shape index (κ2) is 7.15. The van der Waals surface area contributed by atoms with Crippen LogP contribution in [0, 0.1) is 0 Å². The van der Waals surface area contributed by atoms with Gasteiger partial charge in [0.1, 0.15) is 0 Å². The normalized spacial score (nSPS) is 11.8. The van der Waals surface area contributed by atoms with Crippen molar-refractivity contribution in [3.05, 3.63) is 38.5 Å². The lowest BCUT2D eigenvalue weighted by Gasteiger charge is -1.92. The molecule has 22 heavy (non-hydrogen) atoms. The zero-order valence-electron chi connectivity index (χ0n) is 12.0. The Morgan fingerprint density at radius 1 is 1.23 bits per heavy atom. The molecule has 0 aliphatic carbocycles.